The van der Waals surface area contributed by atoms with Crippen LogP contribution >= 0.6 is 0 Å². The van der Waals surface area contributed by atoms with Crippen molar-refractivity contribution in [3.8, 4) is 0 Å². The van der Waals surface area contributed by atoms with Crippen LogP contribution in [-0.4, -0.2) is 27.9 Å². The van der Waals surface area contributed by atoms with Crippen LogP contribution in [0.25, 0.3) is 0 Å². The van der Waals surface area contributed by atoms with Crippen molar-refractivity contribution in [1.29, 1.82) is 0 Å². The predicted octanol–water partition coefficient (Wildman–Crippen LogP) is 2.62. The molecule has 1 heterocycles. The van der Waals surface area contributed by atoms with E-state index in [0.717, 1.165) is 38.3 Å². The normalized spacial score (nSPS) is 12.5. The van der Waals surface area contributed by atoms with Gasteiger partial charge in [-0.25, -0.2) is 4.98 Å². The quantitative estimate of drug-likeness (QED) is 0.811. The molecule has 0 spiro atoms. The van der Waals surface area contributed by atoms with Crippen LogP contribution in [0.15, 0.2) is 30.6 Å². The lowest BCUT2D eigenvalue weighted by Gasteiger charge is -2.18. The van der Waals surface area contributed by atoms with Crippen molar-refractivity contribution in [2.45, 2.75) is 40.2 Å². The van der Waals surface area contributed by atoms with Crippen LogP contribution in [0.4, 0.5) is 0 Å². The Kier molecular flexibility index (Phi) is 5.93. The third-order valence-electron chi connectivity index (χ3n) is 3.92. The first kappa shape index (κ1) is 15.7. The Balaban J connectivity index is 2.09. The maximum Gasteiger partial charge on any atom is 0.138 e. The van der Waals surface area contributed by atoms with Crippen LogP contribution in [-0.2, 0) is 19.4 Å². The molecule has 0 saturated heterocycles. The molecular weight excluding hydrogens is 260 g/mol. The maximum atomic E-state index is 4.42. The summed E-state index contributed by atoms with van der Waals surface area (Å²) in [4.78, 5) is 4.42. The lowest BCUT2D eigenvalue weighted by atomic mass is 9.93. The van der Waals surface area contributed by atoms with Crippen molar-refractivity contribution in [2.24, 2.45) is 5.92 Å². The zero-order valence-corrected chi connectivity index (χ0v) is 13.3. The van der Waals surface area contributed by atoms with E-state index in [0.29, 0.717) is 5.92 Å². The molecule has 21 heavy (non-hydrogen) atoms. The average Bonchev–Trinajstić information content (AvgIpc) is 2.94. The van der Waals surface area contributed by atoms with E-state index in [-0.39, 0.29) is 0 Å². The molecule has 0 aliphatic heterocycles. The SMILES string of the molecule is CCNCC(Cc1ccccc1C)Cc1ncnn1CC. The highest BCUT2D eigenvalue weighted by Gasteiger charge is 2.15. The number of aryl methyl sites for hydroxylation is 2. The van der Waals surface area contributed by atoms with Gasteiger partial charge >= 0.3 is 0 Å². The first-order chi connectivity index (χ1) is 10.2. The molecular formula is C17H26N4. The van der Waals surface area contributed by atoms with Crippen molar-refractivity contribution >= 4 is 0 Å². The zero-order valence-electron chi connectivity index (χ0n) is 13.3. The van der Waals surface area contributed by atoms with Gasteiger partial charge in [0.1, 0.15) is 12.2 Å². The first-order valence-electron chi connectivity index (χ1n) is 7.86. The van der Waals surface area contributed by atoms with E-state index in [4.69, 9.17) is 0 Å². The molecule has 114 valence electrons. The number of nitrogens with one attached hydrogen (secondary N) is 1. The molecule has 0 fully saturated rings. The maximum absolute atomic E-state index is 4.42. The fourth-order valence-electron chi connectivity index (χ4n) is 2.68. The molecule has 4 heteroatoms. The summed E-state index contributed by atoms with van der Waals surface area (Å²) in [7, 11) is 0. The zero-order chi connectivity index (χ0) is 15.1. The highest BCUT2D eigenvalue weighted by molar-refractivity contribution is 5.26. The summed E-state index contributed by atoms with van der Waals surface area (Å²) in [6.45, 7) is 9.35. The number of nitrogens with zero attached hydrogens (tertiary/aromatic N) is 3. The highest BCUT2D eigenvalue weighted by Crippen LogP contribution is 2.16. The number of hydrogen-bond acceptors (Lipinski definition) is 3. The van der Waals surface area contributed by atoms with E-state index in [2.05, 4.69) is 60.4 Å². The van der Waals surface area contributed by atoms with Gasteiger partial charge in [0.2, 0.25) is 0 Å². The van der Waals surface area contributed by atoms with Crippen LogP contribution in [0.2, 0.25) is 0 Å². The van der Waals surface area contributed by atoms with Gasteiger partial charge in [-0.1, -0.05) is 31.2 Å². The van der Waals surface area contributed by atoms with Crippen molar-refractivity contribution in [1.82, 2.24) is 20.1 Å². The van der Waals surface area contributed by atoms with Crippen LogP contribution in [0.1, 0.15) is 30.8 Å². The first-order valence-corrected chi connectivity index (χ1v) is 7.86. The van der Waals surface area contributed by atoms with Crippen LogP contribution in [0, 0.1) is 12.8 Å². The van der Waals surface area contributed by atoms with E-state index < -0.39 is 0 Å². The van der Waals surface area contributed by atoms with Crippen LogP contribution in [0.5, 0.6) is 0 Å². The standard InChI is InChI=1S/C17H26N4/c1-4-18-12-15(10-16-9-7-6-8-14(16)3)11-17-19-13-20-21(17)5-2/h6-9,13,15,18H,4-5,10-12H2,1-3H3. The van der Waals surface area contributed by atoms with Gasteiger partial charge in [-0.3, -0.25) is 4.68 Å². The minimum absolute atomic E-state index is 0.542. The van der Waals surface area contributed by atoms with Crippen LogP contribution in [0.3, 0.4) is 0 Å². The third-order valence-corrected chi connectivity index (χ3v) is 3.92. The molecule has 0 aliphatic rings. The van der Waals surface area contributed by atoms with Crippen molar-refractivity contribution in [3.63, 3.8) is 0 Å². The molecule has 4 nitrogen and oxygen atoms in total. The molecule has 0 aliphatic carbocycles. The Morgan fingerprint density at radius 3 is 2.71 bits per heavy atom. The fraction of sp³-hybridized carbons (Fsp3) is 0.529. The van der Waals surface area contributed by atoms with E-state index in [1.807, 2.05) is 4.68 Å². The van der Waals surface area contributed by atoms with Gasteiger partial charge in [-0.05, 0) is 50.4 Å². The molecule has 1 aromatic heterocycles. The molecule has 1 unspecified atom stereocenters. The summed E-state index contributed by atoms with van der Waals surface area (Å²) < 4.78 is 2.00. The Morgan fingerprint density at radius 1 is 1.19 bits per heavy atom. The summed E-state index contributed by atoms with van der Waals surface area (Å²) in [5.74, 6) is 1.63. The largest absolute Gasteiger partial charge is 0.317 e. The molecule has 2 aromatic rings. The minimum Gasteiger partial charge on any atom is -0.317 e. The van der Waals surface area contributed by atoms with Gasteiger partial charge in [0, 0.05) is 13.0 Å². The van der Waals surface area contributed by atoms with Gasteiger partial charge in [0.25, 0.3) is 0 Å². The number of benzene rings is 1. The average molecular weight is 286 g/mol. The van der Waals surface area contributed by atoms with E-state index in [1.54, 1.807) is 6.33 Å². The molecule has 1 aromatic carbocycles. The summed E-state index contributed by atoms with van der Waals surface area (Å²) in [6.07, 6.45) is 3.71. The second-order valence-electron chi connectivity index (χ2n) is 5.50. The molecule has 0 saturated carbocycles. The van der Waals surface area contributed by atoms with Gasteiger partial charge < -0.3 is 5.32 Å². The molecule has 0 radical (unpaired) electrons. The Hall–Kier alpha value is -1.68. The Labute approximate surface area is 127 Å². The van der Waals surface area contributed by atoms with Crippen molar-refractivity contribution in [3.05, 3.63) is 47.5 Å². The van der Waals surface area contributed by atoms with Gasteiger partial charge in [-0.15, -0.1) is 0 Å². The Bertz CT molecular complexity index is 547. The number of aromatic nitrogens is 3. The van der Waals surface area contributed by atoms with E-state index in [1.165, 1.54) is 11.1 Å². The van der Waals surface area contributed by atoms with Crippen molar-refractivity contribution < 1.29 is 0 Å². The minimum atomic E-state index is 0.542. The van der Waals surface area contributed by atoms with E-state index in [9.17, 15) is 0 Å². The lowest BCUT2D eigenvalue weighted by Crippen LogP contribution is -2.27. The highest BCUT2D eigenvalue weighted by atomic mass is 15.3. The molecule has 0 amide bonds. The van der Waals surface area contributed by atoms with Gasteiger partial charge in [0.15, 0.2) is 0 Å². The summed E-state index contributed by atoms with van der Waals surface area (Å²) in [5, 5.41) is 7.76. The number of rotatable bonds is 8. The van der Waals surface area contributed by atoms with Crippen molar-refractivity contribution in [2.75, 3.05) is 13.1 Å². The molecule has 0 bridgehead atoms. The molecule has 1 N–H and O–H groups in total. The van der Waals surface area contributed by atoms with Gasteiger partial charge in [0.05, 0.1) is 0 Å². The third kappa shape index (κ3) is 4.39. The van der Waals surface area contributed by atoms with Gasteiger partial charge in [-0.2, -0.15) is 5.10 Å². The smallest absolute Gasteiger partial charge is 0.138 e. The second kappa shape index (κ2) is 7.93. The topological polar surface area (TPSA) is 42.7 Å². The Morgan fingerprint density at radius 2 is 2.00 bits per heavy atom. The lowest BCUT2D eigenvalue weighted by molar-refractivity contribution is 0.452. The fourth-order valence-corrected chi connectivity index (χ4v) is 2.68. The summed E-state index contributed by atoms with van der Waals surface area (Å²) in [6, 6.07) is 8.65. The number of hydrogen-bond donors (Lipinski definition) is 1. The van der Waals surface area contributed by atoms with Crippen LogP contribution < -0.4 is 5.32 Å². The molecule has 1 atom stereocenters. The summed E-state index contributed by atoms with van der Waals surface area (Å²) >= 11 is 0. The van der Waals surface area contributed by atoms with E-state index >= 15 is 0 Å². The monoisotopic (exact) mass is 286 g/mol. The summed E-state index contributed by atoms with van der Waals surface area (Å²) in [5.41, 5.74) is 2.80. The molecule has 2 rings (SSSR count). The predicted molar refractivity (Wildman–Crippen MR) is 86.3 cm³/mol. The second-order valence-corrected chi connectivity index (χ2v) is 5.50.